The van der Waals surface area contributed by atoms with E-state index in [9.17, 15) is 8.78 Å². The molecule has 2 nitrogen and oxygen atoms in total. The smallest absolute Gasteiger partial charge is 0.161 e. The molecule has 16 heavy (non-hydrogen) atoms. The third kappa shape index (κ3) is 1.40. The minimum Gasteiger partial charge on any atom is -0.327 e. The minimum absolute atomic E-state index is 0.398. The summed E-state index contributed by atoms with van der Waals surface area (Å²) in [6, 6.07) is 2.81. The summed E-state index contributed by atoms with van der Waals surface area (Å²) in [6.07, 6.45) is 6.30. The van der Waals surface area contributed by atoms with Gasteiger partial charge in [0.15, 0.2) is 11.6 Å². The number of halogens is 2. The van der Waals surface area contributed by atoms with Gasteiger partial charge >= 0.3 is 0 Å². The zero-order chi connectivity index (χ0) is 11.1. The predicted molar refractivity (Wildman–Crippen MR) is 57.2 cm³/mol. The highest BCUT2D eigenvalue weighted by atomic mass is 19.2. The maximum absolute atomic E-state index is 13.2. The maximum Gasteiger partial charge on any atom is 0.161 e. The van der Waals surface area contributed by atoms with Crippen LogP contribution < -0.4 is 0 Å². The Labute approximate surface area is 91.9 Å². The fourth-order valence-corrected chi connectivity index (χ4v) is 2.50. The van der Waals surface area contributed by atoms with Crippen LogP contribution in [0.4, 0.5) is 8.78 Å². The van der Waals surface area contributed by atoms with Crippen LogP contribution in [-0.2, 0) is 0 Å². The zero-order valence-electron chi connectivity index (χ0n) is 8.79. The lowest BCUT2D eigenvalue weighted by Crippen LogP contribution is -2.02. The normalized spacial score (nSPS) is 17.4. The zero-order valence-corrected chi connectivity index (χ0v) is 8.79. The van der Waals surface area contributed by atoms with Gasteiger partial charge in [0, 0.05) is 18.2 Å². The van der Waals surface area contributed by atoms with Crippen molar-refractivity contribution >= 4 is 11.0 Å². The second-order valence-corrected chi connectivity index (χ2v) is 4.35. The Morgan fingerprint density at radius 1 is 1.12 bits per heavy atom. The molecule has 0 radical (unpaired) electrons. The third-order valence-electron chi connectivity index (χ3n) is 3.33. The van der Waals surface area contributed by atoms with Crippen molar-refractivity contribution in [3.8, 4) is 0 Å². The largest absolute Gasteiger partial charge is 0.327 e. The Morgan fingerprint density at radius 3 is 2.56 bits per heavy atom. The van der Waals surface area contributed by atoms with Gasteiger partial charge in [0.05, 0.1) is 17.4 Å². The molecule has 0 unspecified atom stereocenters. The van der Waals surface area contributed by atoms with Crippen LogP contribution in [-0.4, -0.2) is 9.55 Å². The summed E-state index contributed by atoms with van der Waals surface area (Å²) in [5.74, 6) is -1.63. The predicted octanol–water partition coefficient (Wildman–Crippen LogP) is 3.43. The summed E-state index contributed by atoms with van der Waals surface area (Å²) in [4.78, 5) is 4.12. The summed E-state index contributed by atoms with van der Waals surface area (Å²) in [7, 11) is 0. The molecular weight excluding hydrogens is 210 g/mol. The summed E-state index contributed by atoms with van der Waals surface area (Å²) in [5, 5.41) is 0. The Hall–Kier alpha value is -1.45. The van der Waals surface area contributed by atoms with Crippen LogP contribution in [0.25, 0.3) is 11.0 Å². The lowest BCUT2D eigenvalue weighted by Gasteiger charge is -2.11. The van der Waals surface area contributed by atoms with E-state index < -0.39 is 11.6 Å². The molecule has 1 aliphatic carbocycles. The number of rotatable bonds is 1. The van der Waals surface area contributed by atoms with Crippen LogP contribution in [0.15, 0.2) is 18.5 Å². The summed E-state index contributed by atoms with van der Waals surface area (Å²) in [5.41, 5.74) is 1.23. The molecule has 0 bridgehead atoms. The molecule has 1 aromatic heterocycles. The van der Waals surface area contributed by atoms with Crippen molar-refractivity contribution in [2.45, 2.75) is 31.7 Å². The molecule has 84 valence electrons. The van der Waals surface area contributed by atoms with Crippen LogP contribution in [0.5, 0.6) is 0 Å². The Balaban J connectivity index is 2.15. The van der Waals surface area contributed by atoms with E-state index in [1.807, 2.05) is 4.57 Å². The van der Waals surface area contributed by atoms with Crippen molar-refractivity contribution in [2.24, 2.45) is 0 Å². The second kappa shape index (κ2) is 3.54. The molecule has 0 amide bonds. The first-order valence-electron chi connectivity index (χ1n) is 5.57. The minimum atomic E-state index is -0.829. The standard InChI is InChI=1S/C12H12F2N2/c13-9-5-11-12(6-10(9)14)16(7-15-11)8-3-1-2-4-8/h5-8H,1-4H2. The van der Waals surface area contributed by atoms with E-state index in [2.05, 4.69) is 4.98 Å². The molecular formula is C12H12F2N2. The van der Waals surface area contributed by atoms with Gasteiger partial charge < -0.3 is 4.57 Å². The average molecular weight is 222 g/mol. The fraction of sp³-hybridized carbons (Fsp3) is 0.417. The Morgan fingerprint density at radius 2 is 1.81 bits per heavy atom. The van der Waals surface area contributed by atoms with Gasteiger partial charge in [-0.25, -0.2) is 13.8 Å². The third-order valence-corrected chi connectivity index (χ3v) is 3.33. The lowest BCUT2D eigenvalue weighted by molar-refractivity contribution is 0.506. The van der Waals surface area contributed by atoms with Crippen molar-refractivity contribution in [1.82, 2.24) is 9.55 Å². The molecule has 0 N–H and O–H groups in total. The number of fused-ring (bicyclic) bond motifs is 1. The molecule has 0 atom stereocenters. The molecule has 2 aromatic rings. The topological polar surface area (TPSA) is 17.8 Å². The molecule has 0 aliphatic heterocycles. The quantitative estimate of drug-likeness (QED) is 0.722. The van der Waals surface area contributed by atoms with Gasteiger partial charge in [0.1, 0.15) is 0 Å². The Bertz CT molecular complexity index is 527. The van der Waals surface area contributed by atoms with Gasteiger partial charge in [0.2, 0.25) is 0 Å². The molecule has 1 heterocycles. The molecule has 0 spiro atoms. The van der Waals surface area contributed by atoms with E-state index >= 15 is 0 Å². The van der Waals surface area contributed by atoms with Gasteiger partial charge in [-0.3, -0.25) is 0 Å². The van der Waals surface area contributed by atoms with Gasteiger partial charge in [-0.2, -0.15) is 0 Å². The van der Waals surface area contributed by atoms with Gasteiger partial charge in [-0.1, -0.05) is 12.8 Å². The van der Waals surface area contributed by atoms with Crippen LogP contribution in [0.1, 0.15) is 31.7 Å². The van der Waals surface area contributed by atoms with Crippen LogP contribution in [0.3, 0.4) is 0 Å². The van der Waals surface area contributed by atoms with Crippen LogP contribution >= 0.6 is 0 Å². The van der Waals surface area contributed by atoms with Crippen LogP contribution in [0, 0.1) is 11.6 Å². The summed E-state index contributed by atoms with van der Waals surface area (Å²) >= 11 is 0. The molecule has 1 aliphatic rings. The van der Waals surface area contributed by atoms with E-state index in [-0.39, 0.29) is 0 Å². The highest BCUT2D eigenvalue weighted by Gasteiger charge is 2.19. The Kier molecular flexibility index (Phi) is 2.16. The molecule has 0 saturated heterocycles. The fourth-order valence-electron chi connectivity index (χ4n) is 2.50. The lowest BCUT2D eigenvalue weighted by atomic mass is 10.2. The second-order valence-electron chi connectivity index (χ2n) is 4.35. The van der Waals surface area contributed by atoms with Gasteiger partial charge in [-0.15, -0.1) is 0 Å². The number of benzene rings is 1. The maximum atomic E-state index is 13.2. The number of nitrogens with zero attached hydrogens (tertiary/aromatic N) is 2. The van der Waals surface area contributed by atoms with Crippen molar-refractivity contribution in [2.75, 3.05) is 0 Å². The molecule has 1 saturated carbocycles. The first kappa shape index (κ1) is 9.75. The number of hydrogen-bond donors (Lipinski definition) is 0. The van der Waals surface area contributed by atoms with Crippen molar-refractivity contribution in [3.63, 3.8) is 0 Å². The highest BCUT2D eigenvalue weighted by molar-refractivity contribution is 5.75. The number of imidazole rings is 1. The van der Waals surface area contributed by atoms with E-state index in [4.69, 9.17) is 0 Å². The monoisotopic (exact) mass is 222 g/mol. The van der Waals surface area contributed by atoms with Crippen molar-refractivity contribution in [3.05, 3.63) is 30.1 Å². The highest BCUT2D eigenvalue weighted by Crippen LogP contribution is 2.32. The van der Waals surface area contributed by atoms with Crippen molar-refractivity contribution in [1.29, 1.82) is 0 Å². The molecule has 1 aromatic carbocycles. The van der Waals surface area contributed by atoms with Gasteiger partial charge in [0.25, 0.3) is 0 Å². The van der Waals surface area contributed by atoms with Crippen molar-refractivity contribution < 1.29 is 8.78 Å². The number of hydrogen-bond acceptors (Lipinski definition) is 1. The van der Waals surface area contributed by atoms with Gasteiger partial charge in [-0.05, 0) is 12.8 Å². The van der Waals surface area contributed by atoms with E-state index in [1.54, 1.807) is 6.33 Å². The van der Waals surface area contributed by atoms with E-state index in [0.29, 0.717) is 17.1 Å². The first-order chi connectivity index (χ1) is 7.75. The average Bonchev–Trinajstić information content (AvgIpc) is 2.87. The van der Waals surface area contributed by atoms with E-state index in [1.165, 1.54) is 18.9 Å². The van der Waals surface area contributed by atoms with Crippen LogP contribution in [0.2, 0.25) is 0 Å². The molecule has 3 rings (SSSR count). The first-order valence-corrected chi connectivity index (χ1v) is 5.57. The number of aromatic nitrogens is 2. The summed E-state index contributed by atoms with van der Waals surface area (Å²) in [6.45, 7) is 0. The van der Waals surface area contributed by atoms with E-state index in [0.717, 1.165) is 18.9 Å². The molecule has 1 fully saturated rings. The summed E-state index contributed by atoms with van der Waals surface area (Å²) < 4.78 is 28.2. The molecule has 4 heteroatoms. The SMILES string of the molecule is Fc1cc2ncn(C3CCCC3)c2cc1F.